The second-order valence-electron chi connectivity index (χ2n) is 4.24. The Morgan fingerprint density at radius 1 is 1.31 bits per heavy atom. The Morgan fingerprint density at radius 2 is 2.08 bits per heavy atom. The molecule has 0 saturated heterocycles. The van der Waals surface area contributed by atoms with Crippen molar-refractivity contribution >= 4 is 0 Å². The fourth-order valence-corrected chi connectivity index (χ4v) is 2.26. The Labute approximate surface area is 83.3 Å². The molecule has 2 unspecified atom stereocenters. The Kier molecular flexibility index (Phi) is 5.45. The molecule has 0 amide bonds. The summed E-state index contributed by atoms with van der Waals surface area (Å²) in [5.74, 6) is 0.820. The number of rotatable bonds is 3. The molecule has 1 nitrogen and oxygen atoms in total. The summed E-state index contributed by atoms with van der Waals surface area (Å²) < 4.78 is 0. The van der Waals surface area contributed by atoms with Crippen LogP contribution in [0, 0.1) is 12.3 Å². The largest absolute Gasteiger partial charge is 0.314 e. The Balaban J connectivity index is 2.27. The van der Waals surface area contributed by atoms with Gasteiger partial charge in [0, 0.05) is 6.04 Å². The first kappa shape index (κ1) is 11.0. The van der Waals surface area contributed by atoms with Crippen molar-refractivity contribution in [2.45, 2.75) is 58.4 Å². The van der Waals surface area contributed by atoms with Crippen molar-refractivity contribution in [1.29, 1.82) is 0 Å². The maximum atomic E-state index is 3.53. The van der Waals surface area contributed by atoms with Gasteiger partial charge in [0.2, 0.25) is 0 Å². The van der Waals surface area contributed by atoms with Gasteiger partial charge in [0.05, 0.1) is 0 Å². The van der Waals surface area contributed by atoms with Crippen LogP contribution in [-0.4, -0.2) is 12.6 Å². The zero-order valence-electron chi connectivity index (χ0n) is 9.18. The van der Waals surface area contributed by atoms with Crippen LogP contribution in [0.1, 0.15) is 52.4 Å². The van der Waals surface area contributed by atoms with Crippen LogP contribution in [0.2, 0.25) is 0 Å². The average Bonchev–Trinajstić information content (AvgIpc) is 2.03. The van der Waals surface area contributed by atoms with E-state index in [0.717, 1.165) is 12.5 Å². The van der Waals surface area contributed by atoms with E-state index in [1.807, 2.05) is 0 Å². The van der Waals surface area contributed by atoms with Gasteiger partial charge < -0.3 is 5.32 Å². The lowest BCUT2D eigenvalue weighted by atomic mass is 9.86. The lowest BCUT2D eigenvalue weighted by Gasteiger charge is -2.26. The summed E-state index contributed by atoms with van der Waals surface area (Å²) in [6, 6.07) is 0.683. The van der Waals surface area contributed by atoms with Crippen molar-refractivity contribution in [2.75, 3.05) is 6.54 Å². The molecule has 77 valence electrons. The maximum Gasteiger partial charge on any atom is 0.00696 e. The lowest BCUT2D eigenvalue weighted by molar-refractivity contribution is 0.361. The summed E-state index contributed by atoms with van der Waals surface area (Å²) in [5.41, 5.74) is 0. The van der Waals surface area contributed by atoms with Gasteiger partial charge in [-0.1, -0.05) is 32.6 Å². The fourth-order valence-electron chi connectivity index (χ4n) is 2.26. The predicted molar refractivity (Wildman–Crippen MR) is 58.6 cm³/mol. The summed E-state index contributed by atoms with van der Waals surface area (Å²) in [6.07, 6.45) is 11.0. The third-order valence-corrected chi connectivity index (χ3v) is 3.13. The first-order chi connectivity index (χ1) is 6.34. The van der Waals surface area contributed by atoms with Crippen molar-refractivity contribution < 1.29 is 0 Å². The molecule has 0 aromatic carbocycles. The van der Waals surface area contributed by atoms with E-state index in [9.17, 15) is 0 Å². The first-order valence-electron chi connectivity index (χ1n) is 5.91. The van der Waals surface area contributed by atoms with Gasteiger partial charge in [-0.25, -0.2) is 0 Å². The molecule has 1 radical (unpaired) electrons. The predicted octanol–water partition coefficient (Wildman–Crippen LogP) is 3.16. The minimum atomic E-state index is 0.683. The molecule has 1 aliphatic carbocycles. The van der Waals surface area contributed by atoms with Gasteiger partial charge in [0.1, 0.15) is 0 Å². The molecule has 1 rings (SSSR count). The Morgan fingerprint density at radius 3 is 2.85 bits per heavy atom. The highest BCUT2D eigenvalue weighted by Crippen LogP contribution is 2.23. The fraction of sp³-hybridized carbons (Fsp3) is 0.917. The monoisotopic (exact) mass is 182 g/mol. The van der Waals surface area contributed by atoms with Crippen molar-refractivity contribution in [3.63, 3.8) is 0 Å². The van der Waals surface area contributed by atoms with Gasteiger partial charge in [0.25, 0.3) is 0 Å². The highest BCUT2D eigenvalue weighted by molar-refractivity contribution is 4.85. The molecule has 13 heavy (non-hydrogen) atoms. The van der Waals surface area contributed by atoms with Crippen LogP contribution in [0.3, 0.4) is 0 Å². The maximum absolute atomic E-state index is 3.53. The third-order valence-electron chi connectivity index (χ3n) is 3.13. The van der Waals surface area contributed by atoms with Gasteiger partial charge >= 0.3 is 0 Å². The average molecular weight is 182 g/mol. The smallest absolute Gasteiger partial charge is 0.00696 e. The highest BCUT2D eigenvalue weighted by Gasteiger charge is 2.17. The van der Waals surface area contributed by atoms with E-state index in [1.54, 1.807) is 0 Å². The summed E-state index contributed by atoms with van der Waals surface area (Å²) in [5, 5.41) is 3.53. The Hall–Kier alpha value is -0.0400. The second kappa shape index (κ2) is 6.42. The molecular formula is C12H24N. The molecule has 0 heterocycles. The molecule has 1 N–H and O–H groups in total. The molecule has 0 aromatic rings. The standard InChI is InChI=1S/C12H24N/c1-3-13-11(2)12-9-7-5-4-6-8-10-12/h9,11-13H,3-8,10H2,1-2H3. The summed E-state index contributed by atoms with van der Waals surface area (Å²) >= 11 is 0. The number of nitrogens with one attached hydrogen (secondary N) is 1. The van der Waals surface area contributed by atoms with Crippen molar-refractivity contribution in [1.82, 2.24) is 5.32 Å². The molecule has 0 spiro atoms. The summed E-state index contributed by atoms with van der Waals surface area (Å²) in [7, 11) is 0. The Bertz CT molecular complexity index is 114. The molecular weight excluding hydrogens is 158 g/mol. The van der Waals surface area contributed by atoms with Crippen LogP contribution in [0.5, 0.6) is 0 Å². The van der Waals surface area contributed by atoms with E-state index in [1.165, 1.54) is 38.5 Å². The van der Waals surface area contributed by atoms with E-state index < -0.39 is 0 Å². The zero-order chi connectivity index (χ0) is 9.52. The molecule has 0 bridgehead atoms. The molecule has 1 aliphatic rings. The third kappa shape index (κ3) is 4.12. The van der Waals surface area contributed by atoms with E-state index in [-0.39, 0.29) is 0 Å². The van der Waals surface area contributed by atoms with Gasteiger partial charge in [-0.3, -0.25) is 0 Å². The minimum absolute atomic E-state index is 0.683. The van der Waals surface area contributed by atoms with Gasteiger partial charge in [0.15, 0.2) is 0 Å². The quantitative estimate of drug-likeness (QED) is 0.707. The minimum Gasteiger partial charge on any atom is -0.314 e. The van der Waals surface area contributed by atoms with Crippen LogP contribution >= 0.6 is 0 Å². The molecule has 1 heteroatoms. The SMILES string of the molecule is CCNC(C)C1[CH]CCCCCC1. The van der Waals surface area contributed by atoms with Crippen LogP contribution in [0.15, 0.2) is 0 Å². The summed E-state index contributed by atoms with van der Waals surface area (Å²) in [4.78, 5) is 0. The normalized spacial score (nSPS) is 23.5. The van der Waals surface area contributed by atoms with Gasteiger partial charge in [-0.15, -0.1) is 0 Å². The van der Waals surface area contributed by atoms with Crippen molar-refractivity contribution in [2.24, 2.45) is 5.92 Å². The van der Waals surface area contributed by atoms with E-state index in [4.69, 9.17) is 0 Å². The van der Waals surface area contributed by atoms with Gasteiger partial charge in [-0.05, 0) is 38.6 Å². The molecule has 2 atom stereocenters. The summed E-state index contributed by atoms with van der Waals surface area (Å²) in [6.45, 7) is 5.62. The van der Waals surface area contributed by atoms with Crippen LogP contribution < -0.4 is 5.32 Å². The van der Waals surface area contributed by atoms with Crippen molar-refractivity contribution in [3.05, 3.63) is 6.42 Å². The van der Waals surface area contributed by atoms with E-state index >= 15 is 0 Å². The molecule has 0 aliphatic heterocycles. The van der Waals surface area contributed by atoms with E-state index in [2.05, 4.69) is 25.6 Å². The van der Waals surface area contributed by atoms with Crippen LogP contribution in [0.4, 0.5) is 0 Å². The van der Waals surface area contributed by atoms with Crippen molar-refractivity contribution in [3.8, 4) is 0 Å². The highest BCUT2D eigenvalue weighted by atomic mass is 14.9. The zero-order valence-corrected chi connectivity index (χ0v) is 9.18. The van der Waals surface area contributed by atoms with Crippen LogP contribution in [0.25, 0.3) is 0 Å². The number of hydrogen-bond donors (Lipinski definition) is 1. The van der Waals surface area contributed by atoms with Gasteiger partial charge in [-0.2, -0.15) is 0 Å². The molecule has 0 aromatic heterocycles. The lowest BCUT2D eigenvalue weighted by Crippen LogP contribution is -2.33. The molecule has 1 fully saturated rings. The number of hydrogen-bond acceptors (Lipinski definition) is 1. The molecule has 1 saturated carbocycles. The topological polar surface area (TPSA) is 12.0 Å². The van der Waals surface area contributed by atoms with E-state index in [0.29, 0.717) is 6.04 Å². The first-order valence-corrected chi connectivity index (χ1v) is 5.91. The second-order valence-corrected chi connectivity index (χ2v) is 4.24. The van der Waals surface area contributed by atoms with Crippen LogP contribution in [-0.2, 0) is 0 Å².